The molecule has 0 bridgehead atoms. The zero-order chi connectivity index (χ0) is 19.6. The maximum Gasteiger partial charge on any atom is 0.227 e. The summed E-state index contributed by atoms with van der Waals surface area (Å²) in [5.74, 6) is 2.69. The predicted molar refractivity (Wildman–Crippen MR) is 112 cm³/mol. The number of morpholine rings is 1. The Morgan fingerprint density at radius 3 is 2.69 bits per heavy atom. The Morgan fingerprint density at radius 1 is 1.00 bits per heavy atom. The minimum atomic E-state index is 0.320. The van der Waals surface area contributed by atoms with Crippen LogP contribution in [-0.4, -0.2) is 76.8 Å². The van der Waals surface area contributed by atoms with Gasteiger partial charge in [-0.3, -0.25) is 0 Å². The van der Waals surface area contributed by atoms with Crippen LogP contribution in [0.4, 0.5) is 17.6 Å². The van der Waals surface area contributed by atoms with Gasteiger partial charge < -0.3 is 23.8 Å². The van der Waals surface area contributed by atoms with Crippen molar-refractivity contribution < 1.29 is 4.74 Å². The summed E-state index contributed by atoms with van der Waals surface area (Å²) >= 11 is 0. The van der Waals surface area contributed by atoms with Gasteiger partial charge in [-0.25, -0.2) is 15.0 Å². The second-order valence-electron chi connectivity index (χ2n) is 7.58. The number of piperidine rings is 1. The lowest BCUT2D eigenvalue weighted by molar-refractivity contribution is 0.122. The molecule has 0 saturated carbocycles. The highest BCUT2D eigenvalue weighted by Crippen LogP contribution is 2.25. The van der Waals surface area contributed by atoms with Gasteiger partial charge >= 0.3 is 0 Å². The number of nitrogens with zero attached hydrogens (tertiary/aromatic N) is 8. The largest absolute Gasteiger partial charge is 0.378 e. The molecule has 1 unspecified atom stereocenters. The predicted octanol–water partition coefficient (Wildman–Crippen LogP) is 1.46. The van der Waals surface area contributed by atoms with Crippen LogP contribution in [0.25, 0.3) is 5.65 Å². The van der Waals surface area contributed by atoms with Gasteiger partial charge in [0.2, 0.25) is 5.95 Å². The van der Waals surface area contributed by atoms with Crippen molar-refractivity contribution in [2.24, 2.45) is 0 Å². The van der Waals surface area contributed by atoms with Crippen molar-refractivity contribution in [2.75, 3.05) is 61.1 Å². The number of imidazole rings is 1. The zero-order valence-electron chi connectivity index (χ0n) is 16.7. The molecule has 0 aliphatic carbocycles. The number of ether oxygens (including phenoxy) is 1. The Morgan fingerprint density at radius 2 is 1.83 bits per heavy atom. The van der Waals surface area contributed by atoms with Crippen molar-refractivity contribution in [2.45, 2.75) is 18.9 Å². The minimum absolute atomic E-state index is 0.320. The van der Waals surface area contributed by atoms with Gasteiger partial charge in [0.25, 0.3) is 0 Å². The molecule has 2 aliphatic rings. The third kappa shape index (κ3) is 3.57. The number of anilines is 3. The SMILES string of the molecule is CN(c1nccc(N2CCOCC2)n1)C1CCCN(c2nccn3ccnc23)C1. The van der Waals surface area contributed by atoms with Crippen molar-refractivity contribution in [1.82, 2.24) is 24.3 Å². The molecule has 0 aromatic carbocycles. The highest BCUT2D eigenvalue weighted by Gasteiger charge is 2.27. The molecule has 0 spiro atoms. The number of hydrogen-bond donors (Lipinski definition) is 0. The molecule has 2 fully saturated rings. The highest BCUT2D eigenvalue weighted by atomic mass is 16.5. The van der Waals surface area contributed by atoms with Crippen LogP contribution in [-0.2, 0) is 4.74 Å². The summed E-state index contributed by atoms with van der Waals surface area (Å²) in [4.78, 5) is 25.3. The van der Waals surface area contributed by atoms with Gasteiger partial charge in [-0.1, -0.05) is 0 Å². The first-order valence-electron chi connectivity index (χ1n) is 10.2. The summed E-state index contributed by atoms with van der Waals surface area (Å²) in [7, 11) is 2.09. The topological polar surface area (TPSA) is 74.9 Å². The lowest BCUT2D eigenvalue weighted by atomic mass is 10.0. The molecule has 3 aromatic heterocycles. The van der Waals surface area contributed by atoms with Crippen molar-refractivity contribution in [3.8, 4) is 0 Å². The monoisotopic (exact) mass is 394 g/mol. The Kier molecular flexibility index (Phi) is 4.89. The Balaban J connectivity index is 1.35. The fourth-order valence-electron chi connectivity index (χ4n) is 4.17. The minimum Gasteiger partial charge on any atom is -0.378 e. The van der Waals surface area contributed by atoms with Gasteiger partial charge in [0, 0.05) is 70.3 Å². The van der Waals surface area contributed by atoms with E-state index in [1.165, 1.54) is 0 Å². The molecule has 2 saturated heterocycles. The van der Waals surface area contributed by atoms with Crippen LogP contribution in [0, 0.1) is 0 Å². The van der Waals surface area contributed by atoms with Crippen molar-refractivity contribution in [3.05, 3.63) is 37.1 Å². The molecular weight excluding hydrogens is 368 g/mol. The number of fused-ring (bicyclic) bond motifs is 1. The van der Waals surface area contributed by atoms with Crippen LogP contribution < -0.4 is 14.7 Å². The summed E-state index contributed by atoms with van der Waals surface area (Å²) in [6, 6.07) is 2.30. The normalized spacial score (nSPS) is 20.2. The second-order valence-corrected chi connectivity index (χ2v) is 7.58. The van der Waals surface area contributed by atoms with Gasteiger partial charge in [0.15, 0.2) is 11.5 Å². The Bertz CT molecular complexity index is 970. The average molecular weight is 394 g/mol. The second kappa shape index (κ2) is 7.82. The van der Waals surface area contributed by atoms with E-state index in [4.69, 9.17) is 9.72 Å². The van der Waals surface area contributed by atoms with Crippen molar-refractivity contribution in [3.63, 3.8) is 0 Å². The third-order valence-corrected chi connectivity index (χ3v) is 5.82. The van der Waals surface area contributed by atoms with E-state index in [1.54, 1.807) is 0 Å². The van der Waals surface area contributed by atoms with E-state index >= 15 is 0 Å². The van der Waals surface area contributed by atoms with Gasteiger partial charge in [-0.2, -0.15) is 4.98 Å². The summed E-state index contributed by atoms with van der Waals surface area (Å²) in [6.45, 7) is 5.10. The fourth-order valence-corrected chi connectivity index (χ4v) is 4.17. The molecule has 0 N–H and O–H groups in total. The zero-order valence-corrected chi connectivity index (χ0v) is 16.7. The number of hydrogen-bond acceptors (Lipinski definition) is 8. The number of rotatable bonds is 4. The van der Waals surface area contributed by atoms with Gasteiger partial charge in [0.1, 0.15) is 5.82 Å². The van der Waals surface area contributed by atoms with Gasteiger partial charge in [-0.15, -0.1) is 0 Å². The maximum absolute atomic E-state index is 5.46. The summed E-state index contributed by atoms with van der Waals surface area (Å²) in [5.41, 5.74) is 0.904. The van der Waals surface area contributed by atoms with Crippen LogP contribution in [0.3, 0.4) is 0 Å². The Labute approximate surface area is 170 Å². The van der Waals surface area contributed by atoms with E-state index in [9.17, 15) is 0 Å². The number of aromatic nitrogens is 5. The van der Waals surface area contributed by atoms with E-state index < -0.39 is 0 Å². The highest BCUT2D eigenvalue weighted by molar-refractivity contribution is 5.64. The molecule has 5 rings (SSSR count). The Hall–Kier alpha value is -2.94. The van der Waals surface area contributed by atoms with Crippen LogP contribution >= 0.6 is 0 Å². The standard InChI is InChI=1S/C20H26N8O/c1-25(20-23-5-4-17(24-20)26-11-13-29-14-12-26)16-3-2-8-28(15-16)19-18-21-6-9-27(18)10-7-22-19/h4-7,9-10,16H,2-3,8,11-15H2,1H3. The molecule has 152 valence electrons. The molecule has 29 heavy (non-hydrogen) atoms. The number of likely N-dealkylation sites (N-methyl/N-ethyl adjacent to an activating group) is 1. The molecule has 9 heteroatoms. The molecule has 3 aromatic rings. The molecule has 9 nitrogen and oxygen atoms in total. The molecule has 5 heterocycles. The van der Waals surface area contributed by atoms with Crippen LogP contribution in [0.1, 0.15) is 12.8 Å². The fraction of sp³-hybridized carbons (Fsp3) is 0.500. The van der Waals surface area contributed by atoms with Gasteiger partial charge in [0.05, 0.1) is 13.2 Å². The van der Waals surface area contributed by atoms with E-state index in [1.807, 2.05) is 41.5 Å². The van der Waals surface area contributed by atoms with E-state index in [-0.39, 0.29) is 0 Å². The van der Waals surface area contributed by atoms with Crippen LogP contribution in [0.2, 0.25) is 0 Å². The average Bonchev–Trinajstić information content (AvgIpc) is 3.28. The summed E-state index contributed by atoms with van der Waals surface area (Å²) in [5, 5.41) is 0. The molecule has 0 amide bonds. The molecule has 0 radical (unpaired) electrons. The summed E-state index contributed by atoms with van der Waals surface area (Å²) < 4.78 is 7.48. The van der Waals surface area contributed by atoms with Crippen LogP contribution in [0.15, 0.2) is 37.1 Å². The van der Waals surface area contributed by atoms with E-state index in [2.05, 4.69) is 36.7 Å². The lowest BCUT2D eigenvalue weighted by Crippen LogP contribution is -2.47. The first-order valence-corrected chi connectivity index (χ1v) is 10.2. The quantitative estimate of drug-likeness (QED) is 0.658. The van der Waals surface area contributed by atoms with E-state index in [0.717, 1.165) is 75.5 Å². The molecule has 1 atom stereocenters. The first kappa shape index (κ1) is 18.1. The molecule has 2 aliphatic heterocycles. The molecular formula is C20H26N8O. The summed E-state index contributed by atoms with van der Waals surface area (Å²) in [6.07, 6.45) is 11.6. The smallest absolute Gasteiger partial charge is 0.227 e. The maximum atomic E-state index is 5.46. The first-order chi connectivity index (χ1) is 14.3. The van der Waals surface area contributed by atoms with Crippen molar-refractivity contribution >= 4 is 23.2 Å². The van der Waals surface area contributed by atoms with E-state index in [0.29, 0.717) is 6.04 Å². The third-order valence-electron chi connectivity index (χ3n) is 5.82. The van der Waals surface area contributed by atoms with Crippen molar-refractivity contribution in [1.29, 1.82) is 0 Å². The van der Waals surface area contributed by atoms with Gasteiger partial charge in [-0.05, 0) is 18.9 Å². The van der Waals surface area contributed by atoms with Crippen LogP contribution in [0.5, 0.6) is 0 Å². The lowest BCUT2D eigenvalue weighted by Gasteiger charge is -2.38.